The molecule has 4 aliphatic rings. The molecule has 2 N–H and O–H groups in total. The van der Waals surface area contributed by atoms with Crippen LogP contribution in [0.2, 0.25) is 0 Å². The molecule has 9 nitrogen and oxygen atoms in total. The maximum absolute atomic E-state index is 12.1. The molecule has 0 spiro atoms. The summed E-state index contributed by atoms with van der Waals surface area (Å²) in [4.78, 5) is 12.1. The van der Waals surface area contributed by atoms with E-state index in [4.69, 9.17) is 23.7 Å². The topological polar surface area (TPSA) is 107 Å². The maximum Gasteiger partial charge on any atom is 0.189 e. The normalized spacial score (nSPS) is 40.0. The number of aliphatic hydroxyl groups is 1. The molecule has 3 saturated heterocycles. The standard InChI is InChI=1S/C19H25NO8/c1-18(2)24-9-13(26-18)15-14(16-17(25-15)28-19(3,4)27-16)20(23)8-10-7-11(21)5-6-12(10)22/h5-8,13-17,21,23H,9H2,1-4H3/b10-8-/t13-,14-,15-,16-,17-/m1/s1. The molecule has 3 heterocycles. The second-order valence-corrected chi connectivity index (χ2v) is 8.16. The number of ether oxygens (including phenoxy) is 5. The lowest BCUT2D eigenvalue weighted by atomic mass is 10.0. The molecule has 0 unspecified atom stereocenters. The van der Waals surface area contributed by atoms with Gasteiger partial charge in [0.1, 0.15) is 30.1 Å². The Morgan fingerprint density at radius 2 is 1.86 bits per heavy atom. The van der Waals surface area contributed by atoms with Crippen LogP contribution in [-0.2, 0) is 28.5 Å². The minimum Gasteiger partial charge on any atom is -0.508 e. The van der Waals surface area contributed by atoms with Crippen LogP contribution < -0.4 is 0 Å². The SMILES string of the molecule is CC1(C)O[C@H]2O[C@H]([C@H]3COC(C)(C)O3)[C@@H](N(O)/C=C3/C=C(O)C=CC3=O)[C@H]2O1. The second kappa shape index (κ2) is 6.65. The minimum atomic E-state index is -0.875. The lowest BCUT2D eigenvalue weighted by molar-refractivity contribution is -0.239. The largest absolute Gasteiger partial charge is 0.508 e. The summed E-state index contributed by atoms with van der Waals surface area (Å²) in [6.45, 7) is 7.40. The zero-order chi connectivity index (χ0) is 20.3. The van der Waals surface area contributed by atoms with Gasteiger partial charge < -0.3 is 28.8 Å². The molecular formula is C19H25NO8. The van der Waals surface area contributed by atoms with Crippen molar-refractivity contribution in [2.24, 2.45) is 0 Å². The van der Waals surface area contributed by atoms with E-state index in [-0.39, 0.29) is 23.7 Å². The first-order valence-electron chi connectivity index (χ1n) is 9.20. The number of carbonyl (C=O) groups excluding carboxylic acids is 1. The molecule has 154 valence electrons. The zero-order valence-corrected chi connectivity index (χ0v) is 16.2. The maximum atomic E-state index is 12.1. The van der Waals surface area contributed by atoms with E-state index in [0.717, 1.165) is 5.06 Å². The van der Waals surface area contributed by atoms with Gasteiger partial charge in [-0.05, 0) is 45.9 Å². The summed E-state index contributed by atoms with van der Waals surface area (Å²) in [7, 11) is 0. The molecule has 0 radical (unpaired) electrons. The van der Waals surface area contributed by atoms with Gasteiger partial charge in [-0.25, -0.2) is 0 Å². The summed E-state index contributed by atoms with van der Waals surface area (Å²) in [5.74, 6) is -2.06. The third kappa shape index (κ3) is 3.61. The van der Waals surface area contributed by atoms with Crippen LogP contribution in [0, 0.1) is 0 Å². The highest BCUT2D eigenvalue weighted by Crippen LogP contribution is 2.42. The molecule has 0 aromatic carbocycles. The fraction of sp³-hybridized carbons (Fsp3) is 0.632. The summed E-state index contributed by atoms with van der Waals surface area (Å²) in [6.07, 6.45) is 2.66. The number of ketones is 1. The van der Waals surface area contributed by atoms with Gasteiger partial charge in [0.15, 0.2) is 23.6 Å². The van der Waals surface area contributed by atoms with Crippen molar-refractivity contribution < 1.29 is 38.8 Å². The average molecular weight is 395 g/mol. The van der Waals surface area contributed by atoms with Gasteiger partial charge in [0.25, 0.3) is 0 Å². The monoisotopic (exact) mass is 395 g/mol. The van der Waals surface area contributed by atoms with E-state index < -0.39 is 42.2 Å². The predicted octanol–water partition coefficient (Wildman–Crippen LogP) is 1.54. The number of fused-ring (bicyclic) bond motifs is 1. The zero-order valence-electron chi connectivity index (χ0n) is 16.2. The molecule has 0 aromatic rings. The molecule has 28 heavy (non-hydrogen) atoms. The van der Waals surface area contributed by atoms with Crippen LogP contribution in [0.15, 0.2) is 35.8 Å². The van der Waals surface area contributed by atoms with Crippen molar-refractivity contribution in [1.82, 2.24) is 5.06 Å². The number of rotatable bonds is 3. The Balaban J connectivity index is 1.62. The highest BCUT2D eigenvalue weighted by Gasteiger charge is 2.60. The highest BCUT2D eigenvalue weighted by atomic mass is 16.8. The van der Waals surface area contributed by atoms with Gasteiger partial charge in [-0.2, -0.15) is 0 Å². The van der Waals surface area contributed by atoms with Crippen LogP contribution in [0.1, 0.15) is 27.7 Å². The Labute approximate surface area is 162 Å². The number of nitrogens with zero attached hydrogens (tertiary/aromatic N) is 1. The van der Waals surface area contributed by atoms with E-state index in [1.807, 2.05) is 0 Å². The smallest absolute Gasteiger partial charge is 0.189 e. The fourth-order valence-corrected chi connectivity index (χ4v) is 3.87. The molecule has 0 aromatic heterocycles. The molecule has 0 saturated carbocycles. The Kier molecular flexibility index (Phi) is 4.65. The van der Waals surface area contributed by atoms with Crippen molar-refractivity contribution in [3.8, 4) is 0 Å². The van der Waals surface area contributed by atoms with E-state index in [1.165, 1.54) is 24.4 Å². The minimum absolute atomic E-state index is 0.0767. The first kappa shape index (κ1) is 19.6. The summed E-state index contributed by atoms with van der Waals surface area (Å²) in [5.41, 5.74) is 0.131. The van der Waals surface area contributed by atoms with Crippen LogP contribution in [0.25, 0.3) is 0 Å². The van der Waals surface area contributed by atoms with Crippen LogP contribution in [0.3, 0.4) is 0 Å². The van der Waals surface area contributed by atoms with E-state index in [0.29, 0.717) is 0 Å². The summed E-state index contributed by atoms with van der Waals surface area (Å²) < 4.78 is 29.3. The summed E-state index contributed by atoms with van der Waals surface area (Å²) >= 11 is 0. The van der Waals surface area contributed by atoms with Crippen molar-refractivity contribution in [2.75, 3.05) is 6.61 Å². The second-order valence-electron chi connectivity index (χ2n) is 8.16. The fourth-order valence-electron chi connectivity index (χ4n) is 3.87. The molecule has 0 amide bonds. The van der Waals surface area contributed by atoms with Crippen molar-refractivity contribution >= 4 is 5.78 Å². The quantitative estimate of drug-likeness (QED) is 0.543. The molecule has 5 atom stereocenters. The van der Waals surface area contributed by atoms with E-state index in [2.05, 4.69) is 0 Å². The summed E-state index contributed by atoms with van der Waals surface area (Å²) in [6, 6.07) is -0.712. The first-order valence-corrected chi connectivity index (χ1v) is 9.20. The summed E-state index contributed by atoms with van der Waals surface area (Å²) in [5, 5.41) is 21.4. The molecule has 1 aliphatic carbocycles. The Bertz CT molecular complexity index is 755. The van der Waals surface area contributed by atoms with Crippen LogP contribution in [0.4, 0.5) is 0 Å². The van der Waals surface area contributed by atoms with Crippen molar-refractivity contribution in [3.63, 3.8) is 0 Å². The molecule has 3 fully saturated rings. The van der Waals surface area contributed by atoms with E-state index in [1.54, 1.807) is 27.7 Å². The molecular weight excluding hydrogens is 370 g/mol. The first-order chi connectivity index (χ1) is 13.0. The van der Waals surface area contributed by atoms with Crippen LogP contribution >= 0.6 is 0 Å². The third-order valence-electron chi connectivity index (χ3n) is 5.02. The number of allylic oxidation sites excluding steroid dienone is 4. The van der Waals surface area contributed by atoms with E-state index >= 15 is 0 Å². The predicted molar refractivity (Wildman–Crippen MR) is 94.0 cm³/mol. The number of carbonyl (C=O) groups is 1. The molecule has 0 bridgehead atoms. The van der Waals surface area contributed by atoms with Crippen LogP contribution in [0.5, 0.6) is 0 Å². The number of hydrogen-bond acceptors (Lipinski definition) is 9. The van der Waals surface area contributed by atoms with Gasteiger partial charge in [0.2, 0.25) is 0 Å². The van der Waals surface area contributed by atoms with Crippen molar-refractivity contribution in [2.45, 2.75) is 69.9 Å². The van der Waals surface area contributed by atoms with Crippen molar-refractivity contribution in [1.29, 1.82) is 0 Å². The average Bonchev–Trinajstić information content (AvgIpc) is 3.19. The lowest BCUT2D eigenvalue weighted by Gasteiger charge is -2.32. The molecule has 3 aliphatic heterocycles. The Hall–Kier alpha value is -1.75. The third-order valence-corrected chi connectivity index (χ3v) is 5.02. The molecule has 9 heteroatoms. The van der Waals surface area contributed by atoms with Gasteiger partial charge in [-0.15, -0.1) is 0 Å². The number of aliphatic hydroxyl groups excluding tert-OH is 1. The highest BCUT2D eigenvalue weighted by molar-refractivity contribution is 6.07. The van der Waals surface area contributed by atoms with Crippen molar-refractivity contribution in [3.05, 3.63) is 35.8 Å². The van der Waals surface area contributed by atoms with Gasteiger partial charge in [-0.1, -0.05) is 0 Å². The number of hydrogen-bond donors (Lipinski definition) is 2. The molecule has 4 rings (SSSR count). The Morgan fingerprint density at radius 1 is 1.11 bits per heavy atom. The van der Waals surface area contributed by atoms with Crippen LogP contribution in [-0.4, -0.2) is 70.0 Å². The van der Waals surface area contributed by atoms with E-state index in [9.17, 15) is 15.1 Å². The Morgan fingerprint density at radius 3 is 2.54 bits per heavy atom. The van der Waals surface area contributed by atoms with Gasteiger partial charge in [0, 0.05) is 11.8 Å². The van der Waals surface area contributed by atoms with Gasteiger partial charge in [-0.3, -0.25) is 15.1 Å². The lowest BCUT2D eigenvalue weighted by Crippen LogP contribution is -2.50. The number of hydroxylamine groups is 2. The van der Waals surface area contributed by atoms with Gasteiger partial charge in [0.05, 0.1) is 6.61 Å². The van der Waals surface area contributed by atoms with Gasteiger partial charge >= 0.3 is 0 Å².